The van der Waals surface area contributed by atoms with Crippen molar-refractivity contribution < 1.29 is 4.79 Å². The zero-order valence-corrected chi connectivity index (χ0v) is 7.49. The van der Waals surface area contributed by atoms with E-state index in [1.807, 2.05) is 6.92 Å². The van der Waals surface area contributed by atoms with Gasteiger partial charge in [0.15, 0.2) is 0 Å². The van der Waals surface area contributed by atoms with Crippen LogP contribution < -0.4 is 5.73 Å². The standard InChI is InChI=1S/C7H14NOS/c1-4-7(2,3)5-10-6(8)9/h4H,5H2,1-3H3,(H2,8,9). The van der Waals surface area contributed by atoms with Crippen LogP contribution in [0, 0.1) is 11.8 Å². The average Bonchev–Trinajstić information content (AvgIpc) is 1.85. The Hall–Kier alpha value is -0.180. The van der Waals surface area contributed by atoms with Gasteiger partial charge in [0.25, 0.3) is 5.24 Å². The monoisotopic (exact) mass is 160 g/mol. The molecule has 0 aliphatic heterocycles. The number of rotatable bonds is 3. The molecule has 3 heteroatoms. The molecule has 2 nitrogen and oxygen atoms in total. The van der Waals surface area contributed by atoms with Gasteiger partial charge in [-0.1, -0.05) is 32.5 Å². The molecule has 0 saturated carbocycles. The third-order valence-corrected chi connectivity index (χ3v) is 2.54. The topological polar surface area (TPSA) is 43.1 Å². The highest BCUT2D eigenvalue weighted by atomic mass is 32.2. The first-order valence-corrected chi connectivity index (χ1v) is 4.19. The molecule has 0 spiro atoms. The normalized spacial score (nSPS) is 11.5. The first-order chi connectivity index (χ1) is 4.48. The summed E-state index contributed by atoms with van der Waals surface area (Å²) in [5.41, 5.74) is 5.08. The van der Waals surface area contributed by atoms with Crippen molar-refractivity contribution in [2.45, 2.75) is 20.8 Å². The van der Waals surface area contributed by atoms with Gasteiger partial charge < -0.3 is 5.73 Å². The number of amides is 1. The van der Waals surface area contributed by atoms with Gasteiger partial charge in [-0.2, -0.15) is 0 Å². The molecular weight excluding hydrogens is 146 g/mol. The van der Waals surface area contributed by atoms with E-state index in [1.165, 1.54) is 11.8 Å². The third kappa shape index (κ3) is 4.68. The summed E-state index contributed by atoms with van der Waals surface area (Å²) >= 11 is 1.17. The summed E-state index contributed by atoms with van der Waals surface area (Å²) in [6.45, 7) is 6.13. The molecule has 0 aromatic heterocycles. The summed E-state index contributed by atoms with van der Waals surface area (Å²) in [5.74, 6) is 0.763. The van der Waals surface area contributed by atoms with Crippen LogP contribution in [0.15, 0.2) is 0 Å². The van der Waals surface area contributed by atoms with Crippen molar-refractivity contribution in [2.75, 3.05) is 5.75 Å². The molecule has 0 fully saturated rings. The maximum atomic E-state index is 10.3. The van der Waals surface area contributed by atoms with E-state index in [0.717, 1.165) is 5.75 Å². The van der Waals surface area contributed by atoms with Crippen LogP contribution in [0.25, 0.3) is 0 Å². The first kappa shape index (κ1) is 9.82. The van der Waals surface area contributed by atoms with E-state index in [4.69, 9.17) is 5.73 Å². The predicted molar refractivity (Wildman–Crippen MR) is 45.8 cm³/mol. The molecule has 2 N–H and O–H groups in total. The lowest BCUT2D eigenvalue weighted by molar-refractivity contribution is 0.267. The average molecular weight is 160 g/mol. The van der Waals surface area contributed by atoms with Crippen molar-refractivity contribution in [3.05, 3.63) is 6.42 Å². The molecule has 1 radical (unpaired) electrons. The number of carbonyl (C=O) groups excluding carboxylic acids is 1. The summed E-state index contributed by atoms with van der Waals surface area (Å²) in [6, 6.07) is 0. The van der Waals surface area contributed by atoms with Gasteiger partial charge in [0.2, 0.25) is 0 Å². The van der Waals surface area contributed by atoms with Crippen molar-refractivity contribution in [3.63, 3.8) is 0 Å². The first-order valence-electron chi connectivity index (χ1n) is 3.21. The fourth-order valence-electron chi connectivity index (χ4n) is 0.340. The minimum atomic E-state index is -0.296. The van der Waals surface area contributed by atoms with Crippen molar-refractivity contribution in [1.82, 2.24) is 0 Å². The molecule has 0 bridgehead atoms. The van der Waals surface area contributed by atoms with Crippen LogP contribution in [-0.2, 0) is 0 Å². The fraction of sp³-hybridized carbons (Fsp3) is 0.714. The molecule has 0 aromatic rings. The summed E-state index contributed by atoms with van der Waals surface area (Å²) < 4.78 is 0. The molecule has 0 aromatic carbocycles. The quantitative estimate of drug-likeness (QED) is 0.686. The van der Waals surface area contributed by atoms with Gasteiger partial charge in [-0.3, -0.25) is 4.79 Å². The summed E-state index contributed by atoms with van der Waals surface area (Å²) in [6.07, 6.45) is 2.07. The molecule has 59 valence electrons. The number of thioether (sulfide) groups is 1. The highest BCUT2D eigenvalue weighted by Gasteiger charge is 2.16. The van der Waals surface area contributed by atoms with Gasteiger partial charge in [0, 0.05) is 5.75 Å². The molecule has 0 atom stereocenters. The second-order valence-corrected chi connectivity index (χ2v) is 3.86. The predicted octanol–water partition coefficient (Wildman–Crippen LogP) is 2.05. The van der Waals surface area contributed by atoms with E-state index < -0.39 is 0 Å². The van der Waals surface area contributed by atoms with Crippen LogP contribution >= 0.6 is 11.8 Å². The van der Waals surface area contributed by atoms with Gasteiger partial charge in [0.05, 0.1) is 0 Å². The molecule has 0 unspecified atom stereocenters. The Morgan fingerprint density at radius 1 is 1.70 bits per heavy atom. The van der Waals surface area contributed by atoms with Gasteiger partial charge in [-0.25, -0.2) is 0 Å². The van der Waals surface area contributed by atoms with Crippen molar-refractivity contribution in [3.8, 4) is 0 Å². The second-order valence-electron chi connectivity index (χ2n) is 2.88. The molecule has 0 aliphatic rings. The SMILES string of the molecule is C[CH]C(C)(C)CSC(N)=O. The van der Waals surface area contributed by atoms with Gasteiger partial charge in [0.1, 0.15) is 0 Å². The van der Waals surface area contributed by atoms with Crippen LogP contribution in [0.2, 0.25) is 0 Å². The van der Waals surface area contributed by atoms with Crippen molar-refractivity contribution in [1.29, 1.82) is 0 Å². The van der Waals surface area contributed by atoms with Crippen LogP contribution in [0.1, 0.15) is 20.8 Å². The third-order valence-electron chi connectivity index (χ3n) is 1.37. The smallest absolute Gasteiger partial charge is 0.276 e. The molecule has 0 saturated heterocycles. The highest BCUT2D eigenvalue weighted by Crippen LogP contribution is 2.23. The molecule has 1 amide bonds. The largest absolute Gasteiger partial charge is 0.361 e. The minimum Gasteiger partial charge on any atom is -0.361 e. The number of hydrogen-bond donors (Lipinski definition) is 1. The number of carbonyl (C=O) groups is 1. The Morgan fingerprint density at radius 2 is 2.20 bits per heavy atom. The number of nitrogens with two attached hydrogens (primary N) is 1. The lowest BCUT2D eigenvalue weighted by Crippen LogP contribution is -2.16. The van der Waals surface area contributed by atoms with Crippen molar-refractivity contribution >= 4 is 17.0 Å². The van der Waals surface area contributed by atoms with Gasteiger partial charge >= 0.3 is 0 Å². The lowest BCUT2D eigenvalue weighted by Gasteiger charge is -2.19. The maximum Gasteiger partial charge on any atom is 0.276 e. The van der Waals surface area contributed by atoms with E-state index in [2.05, 4.69) is 20.3 Å². The number of primary amides is 1. The summed E-state index contributed by atoms with van der Waals surface area (Å²) in [5, 5.41) is -0.296. The lowest BCUT2D eigenvalue weighted by atomic mass is 9.93. The van der Waals surface area contributed by atoms with E-state index >= 15 is 0 Å². The zero-order chi connectivity index (χ0) is 8.20. The Balaban J connectivity index is 3.56. The fourth-order valence-corrected chi connectivity index (χ4v) is 1.02. The van der Waals surface area contributed by atoms with E-state index in [9.17, 15) is 4.79 Å². The molecule has 0 heterocycles. The van der Waals surface area contributed by atoms with E-state index in [0.29, 0.717) is 0 Å². The highest BCUT2D eigenvalue weighted by molar-refractivity contribution is 8.13. The van der Waals surface area contributed by atoms with Crippen LogP contribution in [0.4, 0.5) is 4.79 Å². The van der Waals surface area contributed by atoms with Crippen LogP contribution in [0.5, 0.6) is 0 Å². The Kier molecular flexibility index (Phi) is 3.79. The van der Waals surface area contributed by atoms with E-state index in [-0.39, 0.29) is 10.7 Å². The van der Waals surface area contributed by atoms with E-state index in [1.54, 1.807) is 0 Å². The van der Waals surface area contributed by atoms with Crippen LogP contribution in [-0.4, -0.2) is 11.0 Å². The van der Waals surface area contributed by atoms with Crippen molar-refractivity contribution in [2.24, 2.45) is 11.1 Å². The van der Waals surface area contributed by atoms with Crippen LogP contribution in [0.3, 0.4) is 0 Å². The molecule has 10 heavy (non-hydrogen) atoms. The molecule has 0 rings (SSSR count). The van der Waals surface area contributed by atoms with Gasteiger partial charge in [-0.05, 0) is 11.8 Å². The number of hydrogen-bond acceptors (Lipinski definition) is 2. The zero-order valence-electron chi connectivity index (χ0n) is 6.68. The Labute approximate surface area is 66.6 Å². The Morgan fingerprint density at radius 3 is 2.50 bits per heavy atom. The minimum absolute atomic E-state index is 0.111. The Bertz CT molecular complexity index is 123. The summed E-state index contributed by atoms with van der Waals surface area (Å²) in [4.78, 5) is 10.3. The van der Waals surface area contributed by atoms with Gasteiger partial charge in [-0.15, -0.1) is 0 Å². The summed E-state index contributed by atoms with van der Waals surface area (Å²) in [7, 11) is 0. The second kappa shape index (κ2) is 3.86. The maximum absolute atomic E-state index is 10.3. The molecular formula is C7H14NOS. The molecule has 0 aliphatic carbocycles.